The molecule has 18 heavy (non-hydrogen) atoms. The van der Waals surface area contributed by atoms with Gasteiger partial charge in [0.1, 0.15) is 5.76 Å². The monoisotopic (exact) mass is 278 g/mol. The van der Waals surface area contributed by atoms with Gasteiger partial charge < -0.3 is 4.43 Å². The van der Waals surface area contributed by atoms with E-state index in [1.54, 1.807) is 0 Å². The molecule has 0 aliphatic rings. The molecule has 1 rings (SSSR count). The molecule has 0 spiro atoms. The fourth-order valence-electron chi connectivity index (χ4n) is 1.55. The van der Waals surface area contributed by atoms with Gasteiger partial charge in [0.15, 0.2) is 0 Å². The van der Waals surface area contributed by atoms with E-state index in [0.717, 1.165) is 5.76 Å². The quantitative estimate of drug-likeness (QED) is 0.530. The van der Waals surface area contributed by atoms with E-state index >= 15 is 0 Å². The normalized spacial score (nSPS) is 13.6. The van der Waals surface area contributed by atoms with Crippen LogP contribution < -0.4 is 0 Å². The van der Waals surface area contributed by atoms with E-state index in [9.17, 15) is 0 Å². The number of benzene rings is 1. The van der Waals surface area contributed by atoms with E-state index in [1.807, 2.05) is 6.07 Å². The Balaban J connectivity index is 2.96. The van der Waals surface area contributed by atoms with E-state index in [1.165, 1.54) is 11.6 Å². The highest BCUT2D eigenvalue weighted by atomic mass is 28.4. The molecule has 1 nitrogen and oxygen atoms in total. The molecule has 0 radical (unpaired) electrons. The highest BCUT2D eigenvalue weighted by Crippen LogP contribution is 2.23. The standard InChI is InChI=1S/C15H26OSi2/c1-17(2,3)13-12-15(16-18(4,5)6)14-10-8-7-9-11-14/h7-12H,13H2,1-6H3. The van der Waals surface area contributed by atoms with Crippen molar-refractivity contribution in [3.8, 4) is 0 Å². The van der Waals surface area contributed by atoms with Gasteiger partial charge in [0, 0.05) is 13.6 Å². The minimum absolute atomic E-state index is 1.07. The smallest absolute Gasteiger partial charge is 0.242 e. The van der Waals surface area contributed by atoms with Crippen LogP contribution in [0.25, 0.3) is 5.76 Å². The van der Waals surface area contributed by atoms with Crippen molar-refractivity contribution in [2.75, 3.05) is 0 Å². The van der Waals surface area contributed by atoms with Gasteiger partial charge in [-0.15, -0.1) is 0 Å². The summed E-state index contributed by atoms with van der Waals surface area (Å²) in [5, 5.41) is 0. The van der Waals surface area contributed by atoms with Crippen LogP contribution in [0.15, 0.2) is 36.4 Å². The van der Waals surface area contributed by atoms with Crippen LogP contribution in [0.5, 0.6) is 0 Å². The molecule has 0 N–H and O–H groups in total. The Bertz CT molecular complexity index is 397. The van der Waals surface area contributed by atoms with E-state index in [-0.39, 0.29) is 0 Å². The van der Waals surface area contributed by atoms with Crippen LogP contribution in [-0.2, 0) is 4.43 Å². The third-order valence-electron chi connectivity index (χ3n) is 2.37. The summed E-state index contributed by atoms with van der Waals surface area (Å²) < 4.78 is 6.24. The van der Waals surface area contributed by atoms with E-state index in [4.69, 9.17) is 4.43 Å². The molecule has 0 bridgehead atoms. The van der Waals surface area contributed by atoms with E-state index in [2.05, 4.69) is 69.6 Å². The Morgan fingerprint density at radius 3 is 2.00 bits per heavy atom. The van der Waals surface area contributed by atoms with E-state index < -0.39 is 16.4 Å². The molecule has 0 unspecified atom stereocenters. The molecule has 1 aromatic rings. The van der Waals surface area contributed by atoms with Crippen LogP contribution in [0.4, 0.5) is 0 Å². The zero-order valence-corrected chi connectivity index (χ0v) is 14.6. The van der Waals surface area contributed by atoms with Crippen LogP contribution in [0, 0.1) is 0 Å². The lowest BCUT2D eigenvalue weighted by atomic mass is 10.2. The summed E-state index contributed by atoms with van der Waals surface area (Å²) in [6.45, 7) is 13.9. The van der Waals surface area contributed by atoms with Crippen molar-refractivity contribution in [1.82, 2.24) is 0 Å². The predicted molar refractivity (Wildman–Crippen MR) is 87.0 cm³/mol. The first-order valence-electron chi connectivity index (χ1n) is 6.62. The third kappa shape index (κ3) is 6.21. The Hall–Kier alpha value is -0.806. The highest BCUT2D eigenvalue weighted by Gasteiger charge is 2.19. The maximum atomic E-state index is 6.24. The molecule has 0 aliphatic carbocycles. The van der Waals surface area contributed by atoms with Crippen molar-refractivity contribution in [3.63, 3.8) is 0 Å². The molecule has 0 fully saturated rings. The fraction of sp³-hybridized carbons (Fsp3) is 0.467. The largest absolute Gasteiger partial charge is 0.544 e. The first-order chi connectivity index (χ1) is 8.17. The van der Waals surface area contributed by atoms with Crippen LogP contribution >= 0.6 is 0 Å². The van der Waals surface area contributed by atoms with Gasteiger partial charge in [-0.05, 0) is 31.8 Å². The first kappa shape index (κ1) is 15.3. The van der Waals surface area contributed by atoms with Crippen molar-refractivity contribution >= 4 is 22.2 Å². The summed E-state index contributed by atoms with van der Waals surface area (Å²) >= 11 is 0. The average Bonchev–Trinajstić information content (AvgIpc) is 2.23. The van der Waals surface area contributed by atoms with Crippen molar-refractivity contribution in [1.29, 1.82) is 0 Å². The van der Waals surface area contributed by atoms with Gasteiger partial charge in [-0.1, -0.05) is 50.0 Å². The molecule has 0 amide bonds. The van der Waals surface area contributed by atoms with Crippen molar-refractivity contribution < 1.29 is 4.43 Å². The molecule has 100 valence electrons. The number of hydrogen-bond acceptors (Lipinski definition) is 1. The zero-order chi connectivity index (χ0) is 13.8. The van der Waals surface area contributed by atoms with Crippen LogP contribution in [0.3, 0.4) is 0 Å². The molecule has 0 aromatic heterocycles. The summed E-state index contributed by atoms with van der Waals surface area (Å²) in [5.74, 6) is 1.08. The predicted octanol–water partition coefficient (Wildman–Crippen LogP) is 5.22. The lowest BCUT2D eigenvalue weighted by molar-refractivity contribution is 0.513. The Labute approximate surface area is 114 Å². The molecule has 3 heteroatoms. The lowest BCUT2D eigenvalue weighted by Gasteiger charge is -2.23. The Kier molecular flexibility index (Phi) is 4.99. The Morgan fingerprint density at radius 1 is 1.00 bits per heavy atom. The second kappa shape index (κ2) is 5.89. The fourth-order valence-corrected chi connectivity index (χ4v) is 3.21. The van der Waals surface area contributed by atoms with Crippen molar-refractivity contribution in [2.45, 2.75) is 45.3 Å². The van der Waals surface area contributed by atoms with Gasteiger partial charge in [-0.25, -0.2) is 0 Å². The molecule has 0 saturated heterocycles. The molecule has 0 aliphatic heterocycles. The average molecular weight is 279 g/mol. The van der Waals surface area contributed by atoms with Crippen LogP contribution in [-0.4, -0.2) is 16.4 Å². The molecule has 0 saturated carbocycles. The molecule has 1 aromatic carbocycles. The van der Waals surface area contributed by atoms with Crippen LogP contribution in [0.1, 0.15) is 5.56 Å². The van der Waals surface area contributed by atoms with Gasteiger partial charge in [0.2, 0.25) is 8.32 Å². The Morgan fingerprint density at radius 2 is 1.56 bits per heavy atom. The maximum Gasteiger partial charge on any atom is 0.242 e. The third-order valence-corrected chi connectivity index (χ3v) is 4.64. The van der Waals surface area contributed by atoms with Crippen LogP contribution in [0.2, 0.25) is 45.3 Å². The molecule has 0 atom stereocenters. The first-order valence-corrected chi connectivity index (χ1v) is 13.7. The maximum absolute atomic E-state index is 6.24. The number of allylic oxidation sites excluding steroid dienone is 1. The highest BCUT2D eigenvalue weighted by molar-refractivity contribution is 6.76. The minimum atomic E-state index is -1.55. The van der Waals surface area contributed by atoms with Crippen molar-refractivity contribution in [2.24, 2.45) is 0 Å². The molecule has 0 heterocycles. The summed E-state index contributed by atoms with van der Waals surface area (Å²) in [4.78, 5) is 0. The second-order valence-electron chi connectivity index (χ2n) is 6.91. The summed E-state index contributed by atoms with van der Waals surface area (Å²) in [5.41, 5.74) is 1.21. The zero-order valence-electron chi connectivity index (χ0n) is 12.6. The molecular formula is C15H26OSi2. The summed E-state index contributed by atoms with van der Waals surface area (Å²) in [7, 11) is -2.62. The number of hydrogen-bond donors (Lipinski definition) is 0. The van der Waals surface area contributed by atoms with Crippen molar-refractivity contribution in [3.05, 3.63) is 42.0 Å². The SMILES string of the molecule is C[Si](C)(C)CC=C(O[Si](C)(C)C)c1ccccc1. The van der Waals surface area contributed by atoms with Gasteiger partial charge in [-0.2, -0.15) is 0 Å². The summed E-state index contributed by atoms with van der Waals surface area (Å²) in [6, 6.07) is 11.6. The van der Waals surface area contributed by atoms with E-state index in [0.29, 0.717) is 0 Å². The van der Waals surface area contributed by atoms with Gasteiger partial charge in [0.05, 0.1) is 0 Å². The van der Waals surface area contributed by atoms with Gasteiger partial charge in [-0.3, -0.25) is 0 Å². The second-order valence-corrected chi connectivity index (χ2v) is 16.9. The number of rotatable bonds is 5. The summed E-state index contributed by atoms with van der Waals surface area (Å²) in [6.07, 6.45) is 2.31. The molecular weight excluding hydrogens is 252 g/mol. The van der Waals surface area contributed by atoms with Gasteiger partial charge in [0.25, 0.3) is 0 Å². The lowest BCUT2D eigenvalue weighted by Crippen LogP contribution is -2.25. The minimum Gasteiger partial charge on any atom is -0.544 e. The van der Waals surface area contributed by atoms with Gasteiger partial charge >= 0.3 is 0 Å². The topological polar surface area (TPSA) is 9.23 Å².